The highest BCUT2D eigenvalue weighted by molar-refractivity contribution is 5.08. The maximum atomic E-state index is 5.87. The SMILES string of the molecule is CC(C)C(CN)c1cncn1CCc1cnc[nH]1. The zero-order chi connectivity index (χ0) is 13.0. The Labute approximate surface area is 107 Å². The Morgan fingerprint density at radius 2 is 2.17 bits per heavy atom. The molecule has 98 valence electrons. The topological polar surface area (TPSA) is 72.5 Å². The molecule has 0 spiro atoms. The van der Waals surface area contributed by atoms with Crippen LogP contribution in [0.4, 0.5) is 0 Å². The van der Waals surface area contributed by atoms with E-state index in [1.54, 1.807) is 6.33 Å². The average molecular weight is 247 g/mol. The third-order valence-electron chi connectivity index (χ3n) is 3.36. The van der Waals surface area contributed by atoms with Gasteiger partial charge in [-0.05, 0) is 5.92 Å². The molecule has 0 bridgehead atoms. The number of H-pyrrole nitrogens is 1. The van der Waals surface area contributed by atoms with Crippen LogP contribution in [0.25, 0.3) is 0 Å². The first kappa shape index (κ1) is 12.8. The number of nitrogens with one attached hydrogen (secondary N) is 1. The molecule has 5 nitrogen and oxygen atoms in total. The minimum absolute atomic E-state index is 0.370. The minimum atomic E-state index is 0.370. The Kier molecular flexibility index (Phi) is 4.15. The molecule has 5 heteroatoms. The summed E-state index contributed by atoms with van der Waals surface area (Å²) in [6, 6.07) is 0. The van der Waals surface area contributed by atoms with Crippen molar-refractivity contribution in [3.05, 3.63) is 36.4 Å². The second-order valence-corrected chi connectivity index (χ2v) is 4.92. The van der Waals surface area contributed by atoms with Crippen molar-refractivity contribution < 1.29 is 0 Å². The molecule has 0 amide bonds. The third-order valence-corrected chi connectivity index (χ3v) is 3.36. The zero-order valence-corrected chi connectivity index (χ0v) is 11.0. The smallest absolute Gasteiger partial charge is 0.0948 e. The van der Waals surface area contributed by atoms with Gasteiger partial charge in [0.15, 0.2) is 0 Å². The van der Waals surface area contributed by atoms with Crippen LogP contribution in [0.3, 0.4) is 0 Å². The zero-order valence-electron chi connectivity index (χ0n) is 11.0. The fraction of sp³-hybridized carbons (Fsp3) is 0.538. The number of aromatic amines is 1. The van der Waals surface area contributed by atoms with Crippen LogP contribution in [0.1, 0.15) is 31.2 Å². The summed E-state index contributed by atoms with van der Waals surface area (Å²) in [7, 11) is 0. The van der Waals surface area contributed by atoms with E-state index in [9.17, 15) is 0 Å². The maximum absolute atomic E-state index is 5.87. The van der Waals surface area contributed by atoms with Crippen LogP contribution >= 0.6 is 0 Å². The number of nitrogens with two attached hydrogens (primary N) is 1. The van der Waals surface area contributed by atoms with Crippen LogP contribution in [-0.2, 0) is 13.0 Å². The fourth-order valence-corrected chi connectivity index (χ4v) is 2.22. The summed E-state index contributed by atoms with van der Waals surface area (Å²) in [5.41, 5.74) is 8.24. The van der Waals surface area contributed by atoms with Crippen molar-refractivity contribution in [2.75, 3.05) is 6.54 Å². The van der Waals surface area contributed by atoms with Gasteiger partial charge in [0.25, 0.3) is 0 Å². The Balaban J connectivity index is 2.07. The van der Waals surface area contributed by atoms with Crippen LogP contribution in [0.2, 0.25) is 0 Å². The van der Waals surface area contributed by atoms with Crippen molar-refractivity contribution in [2.24, 2.45) is 11.7 Å². The van der Waals surface area contributed by atoms with Crippen LogP contribution in [0, 0.1) is 5.92 Å². The fourth-order valence-electron chi connectivity index (χ4n) is 2.22. The maximum Gasteiger partial charge on any atom is 0.0948 e. The second kappa shape index (κ2) is 5.82. The largest absolute Gasteiger partial charge is 0.348 e. The van der Waals surface area contributed by atoms with E-state index in [-0.39, 0.29) is 0 Å². The van der Waals surface area contributed by atoms with Crippen LogP contribution < -0.4 is 5.73 Å². The first-order valence-corrected chi connectivity index (χ1v) is 6.39. The molecule has 1 unspecified atom stereocenters. The van der Waals surface area contributed by atoms with E-state index < -0.39 is 0 Å². The predicted molar refractivity (Wildman–Crippen MR) is 71.2 cm³/mol. The van der Waals surface area contributed by atoms with E-state index >= 15 is 0 Å². The molecule has 0 aliphatic carbocycles. The first-order chi connectivity index (χ1) is 8.72. The van der Waals surface area contributed by atoms with Crippen LogP contribution in [0.15, 0.2) is 25.0 Å². The standard InChI is InChI=1S/C13H21N5/c1-10(2)12(5-14)13-7-16-9-18(13)4-3-11-6-15-8-17-11/h6-10,12H,3-5,14H2,1-2H3,(H,15,17). The summed E-state index contributed by atoms with van der Waals surface area (Å²) in [6.07, 6.45) is 8.32. The molecule has 0 saturated carbocycles. The molecule has 2 aromatic heterocycles. The van der Waals surface area contributed by atoms with Gasteiger partial charge in [0.05, 0.1) is 12.7 Å². The van der Waals surface area contributed by atoms with Crippen molar-refractivity contribution in [1.82, 2.24) is 19.5 Å². The lowest BCUT2D eigenvalue weighted by atomic mass is 9.93. The Morgan fingerprint density at radius 1 is 1.33 bits per heavy atom. The number of aromatic nitrogens is 4. The van der Waals surface area contributed by atoms with Crippen molar-refractivity contribution >= 4 is 0 Å². The van der Waals surface area contributed by atoms with Gasteiger partial charge >= 0.3 is 0 Å². The summed E-state index contributed by atoms with van der Waals surface area (Å²) in [4.78, 5) is 11.4. The lowest BCUT2D eigenvalue weighted by Gasteiger charge is -2.20. The number of hydrogen-bond donors (Lipinski definition) is 2. The molecule has 2 heterocycles. The molecule has 18 heavy (non-hydrogen) atoms. The molecule has 3 N–H and O–H groups in total. The van der Waals surface area contributed by atoms with Gasteiger partial charge in [0, 0.05) is 49.2 Å². The highest BCUT2D eigenvalue weighted by Crippen LogP contribution is 2.23. The first-order valence-electron chi connectivity index (χ1n) is 6.39. The number of imidazole rings is 2. The van der Waals surface area contributed by atoms with Gasteiger partial charge in [0.1, 0.15) is 0 Å². The van der Waals surface area contributed by atoms with Crippen LogP contribution in [0.5, 0.6) is 0 Å². The molecular weight excluding hydrogens is 226 g/mol. The van der Waals surface area contributed by atoms with Crippen molar-refractivity contribution in [3.63, 3.8) is 0 Å². The van der Waals surface area contributed by atoms with E-state index in [0.29, 0.717) is 18.4 Å². The minimum Gasteiger partial charge on any atom is -0.348 e. The van der Waals surface area contributed by atoms with E-state index in [1.807, 2.05) is 18.7 Å². The monoisotopic (exact) mass is 247 g/mol. The molecule has 2 aromatic rings. The molecule has 0 radical (unpaired) electrons. The van der Waals surface area contributed by atoms with Gasteiger partial charge in [-0.3, -0.25) is 0 Å². The van der Waals surface area contributed by atoms with Gasteiger partial charge in [0.2, 0.25) is 0 Å². The Hall–Kier alpha value is -1.62. The molecular formula is C13H21N5. The van der Waals surface area contributed by atoms with E-state index in [2.05, 4.69) is 33.4 Å². The number of aryl methyl sites for hydroxylation is 2. The summed E-state index contributed by atoms with van der Waals surface area (Å²) >= 11 is 0. The molecule has 0 saturated heterocycles. The number of nitrogens with zero attached hydrogens (tertiary/aromatic N) is 3. The summed E-state index contributed by atoms with van der Waals surface area (Å²) in [6.45, 7) is 5.96. The van der Waals surface area contributed by atoms with Crippen molar-refractivity contribution in [2.45, 2.75) is 32.7 Å². The summed E-state index contributed by atoms with van der Waals surface area (Å²) < 4.78 is 2.19. The van der Waals surface area contributed by atoms with Gasteiger partial charge in [-0.25, -0.2) is 9.97 Å². The third kappa shape index (κ3) is 2.79. The van der Waals surface area contributed by atoms with Gasteiger partial charge in [-0.15, -0.1) is 0 Å². The normalized spacial score (nSPS) is 13.1. The van der Waals surface area contributed by atoms with E-state index in [4.69, 9.17) is 5.73 Å². The number of hydrogen-bond acceptors (Lipinski definition) is 3. The average Bonchev–Trinajstić information content (AvgIpc) is 2.97. The Morgan fingerprint density at radius 3 is 2.78 bits per heavy atom. The molecule has 1 atom stereocenters. The molecule has 0 fully saturated rings. The summed E-state index contributed by atoms with van der Waals surface area (Å²) in [5, 5.41) is 0. The highest BCUT2D eigenvalue weighted by Gasteiger charge is 2.18. The summed E-state index contributed by atoms with van der Waals surface area (Å²) in [5.74, 6) is 0.895. The van der Waals surface area contributed by atoms with Gasteiger partial charge in [-0.1, -0.05) is 13.8 Å². The molecule has 0 aliphatic heterocycles. The van der Waals surface area contributed by atoms with Gasteiger partial charge < -0.3 is 15.3 Å². The Bertz CT molecular complexity index is 457. The number of rotatable bonds is 6. The molecule has 0 aromatic carbocycles. The highest BCUT2D eigenvalue weighted by atomic mass is 15.1. The van der Waals surface area contributed by atoms with Crippen molar-refractivity contribution in [3.8, 4) is 0 Å². The van der Waals surface area contributed by atoms with E-state index in [1.165, 1.54) is 5.69 Å². The lowest BCUT2D eigenvalue weighted by molar-refractivity contribution is 0.471. The lowest BCUT2D eigenvalue weighted by Crippen LogP contribution is -2.21. The molecule has 2 rings (SSSR count). The molecule has 0 aliphatic rings. The van der Waals surface area contributed by atoms with E-state index in [0.717, 1.165) is 18.7 Å². The quantitative estimate of drug-likeness (QED) is 0.813. The van der Waals surface area contributed by atoms with Gasteiger partial charge in [-0.2, -0.15) is 0 Å². The van der Waals surface area contributed by atoms with Crippen LogP contribution in [-0.4, -0.2) is 26.1 Å². The predicted octanol–water partition coefficient (Wildman–Crippen LogP) is 1.55. The van der Waals surface area contributed by atoms with Crippen molar-refractivity contribution in [1.29, 1.82) is 0 Å². The second-order valence-electron chi connectivity index (χ2n) is 4.92.